The Labute approximate surface area is 119 Å². The first-order valence-electron chi connectivity index (χ1n) is 6.45. The highest BCUT2D eigenvalue weighted by molar-refractivity contribution is 6.58. The zero-order chi connectivity index (χ0) is 14.9. The number of likely N-dealkylation sites (tertiary alicyclic amines) is 1. The van der Waals surface area contributed by atoms with Crippen LogP contribution in [0, 0.1) is 0 Å². The molecule has 1 amide bonds. The molecule has 0 atom stereocenters. The van der Waals surface area contributed by atoms with Gasteiger partial charge in [0.05, 0.1) is 29.1 Å². The molecule has 19 heavy (non-hydrogen) atoms. The zero-order valence-corrected chi connectivity index (χ0v) is 12.2. The van der Waals surface area contributed by atoms with Crippen molar-refractivity contribution in [3.8, 4) is 0 Å². The zero-order valence-electron chi connectivity index (χ0n) is 12.2. The van der Waals surface area contributed by atoms with E-state index in [1.807, 2.05) is 27.7 Å². The summed E-state index contributed by atoms with van der Waals surface area (Å²) in [6, 6.07) is 0. The van der Waals surface area contributed by atoms with Gasteiger partial charge in [-0.1, -0.05) is 0 Å². The second-order valence-corrected chi connectivity index (χ2v) is 6.37. The van der Waals surface area contributed by atoms with E-state index in [4.69, 9.17) is 33.0 Å². The van der Waals surface area contributed by atoms with Gasteiger partial charge in [-0.05, 0) is 45.8 Å². The van der Waals surface area contributed by atoms with Crippen LogP contribution < -0.4 is 0 Å². The number of ether oxygens (including phenoxy) is 2. The van der Waals surface area contributed by atoms with Gasteiger partial charge in [-0.3, -0.25) is 0 Å². The van der Waals surface area contributed by atoms with E-state index in [2.05, 4.69) is 0 Å². The third-order valence-corrected chi connectivity index (χ3v) is 2.90. The van der Waals surface area contributed by atoms with E-state index in [1.54, 1.807) is 4.90 Å². The van der Waals surface area contributed by atoms with Crippen LogP contribution in [0.15, 0.2) is 0 Å². The third kappa shape index (κ3) is 5.94. The molecule has 0 bridgehead atoms. The fourth-order valence-corrected chi connectivity index (χ4v) is 2.02. The highest BCUT2D eigenvalue weighted by Crippen LogP contribution is 2.28. The van der Waals surface area contributed by atoms with Crippen LogP contribution in [-0.4, -0.2) is 64.1 Å². The van der Waals surface area contributed by atoms with Gasteiger partial charge in [0, 0.05) is 13.1 Å². The first kappa shape index (κ1) is 16.5. The van der Waals surface area contributed by atoms with Crippen molar-refractivity contribution >= 4 is 29.6 Å². The van der Waals surface area contributed by atoms with Gasteiger partial charge in [0.25, 0.3) is 0 Å². The van der Waals surface area contributed by atoms with Gasteiger partial charge in [0.15, 0.2) is 0 Å². The fourth-order valence-electron chi connectivity index (χ4n) is 2.02. The lowest BCUT2D eigenvalue weighted by molar-refractivity contribution is -0.0777. The average molecular weight is 259 g/mol. The summed E-state index contributed by atoms with van der Waals surface area (Å²) in [5.74, 6) is 0. The van der Waals surface area contributed by atoms with Gasteiger partial charge in [-0.15, -0.1) is 0 Å². The van der Waals surface area contributed by atoms with Crippen molar-refractivity contribution in [1.29, 1.82) is 0 Å². The Morgan fingerprint density at radius 1 is 1.16 bits per heavy atom. The van der Waals surface area contributed by atoms with E-state index in [0.29, 0.717) is 25.9 Å². The Hall–Kier alpha value is -0.575. The standard InChI is InChI=1S/C12H20B3NO3/c1-10(2,3)18-9(17)16-7-5-11(4,6-8-16)19-12(13,14)15/h5-8H2,1-4H3. The van der Waals surface area contributed by atoms with Crippen LogP contribution in [0.1, 0.15) is 40.5 Å². The summed E-state index contributed by atoms with van der Waals surface area (Å²) in [5, 5.41) is -1.65. The number of amides is 1. The normalized spacial score (nSPS) is 20.1. The highest BCUT2D eigenvalue weighted by Gasteiger charge is 2.36. The predicted molar refractivity (Wildman–Crippen MR) is 76.5 cm³/mol. The van der Waals surface area contributed by atoms with E-state index < -0.39 is 16.5 Å². The molecule has 0 spiro atoms. The van der Waals surface area contributed by atoms with Gasteiger partial charge in [-0.25, -0.2) is 4.79 Å². The monoisotopic (exact) mass is 259 g/mol. The summed E-state index contributed by atoms with van der Waals surface area (Å²) in [4.78, 5) is 13.6. The predicted octanol–water partition coefficient (Wildman–Crippen LogP) is 0.909. The molecule has 1 saturated heterocycles. The number of rotatable bonds is 2. The van der Waals surface area contributed by atoms with E-state index >= 15 is 0 Å². The minimum Gasteiger partial charge on any atom is -0.444 e. The van der Waals surface area contributed by atoms with Crippen LogP contribution in [0.25, 0.3) is 0 Å². The first-order chi connectivity index (χ1) is 8.40. The topological polar surface area (TPSA) is 38.8 Å². The van der Waals surface area contributed by atoms with Crippen molar-refractivity contribution in [2.24, 2.45) is 0 Å². The largest absolute Gasteiger partial charge is 0.444 e. The summed E-state index contributed by atoms with van der Waals surface area (Å²) in [5.41, 5.74) is -1.01. The SMILES string of the molecule is [B]C([B])([B])OC1(C)CCN(C(=O)OC(C)(C)C)CC1. The lowest BCUT2D eigenvalue weighted by Crippen LogP contribution is -2.52. The molecule has 100 valence electrons. The second kappa shape index (κ2) is 5.43. The van der Waals surface area contributed by atoms with Crippen LogP contribution >= 0.6 is 0 Å². The molecule has 1 aliphatic rings. The quantitative estimate of drug-likeness (QED) is 0.691. The van der Waals surface area contributed by atoms with Crippen LogP contribution in [0.2, 0.25) is 0 Å². The average Bonchev–Trinajstić information content (AvgIpc) is 2.11. The van der Waals surface area contributed by atoms with Crippen molar-refractivity contribution in [3.63, 3.8) is 0 Å². The molecule has 0 aromatic heterocycles. The Morgan fingerprint density at radius 2 is 1.63 bits per heavy atom. The number of nitrogens with zero attached hydrogens (tertiary/aromatic N) is 1. The van der Waals surface area contributed by atoms with Gasteiger partial charge in [-0.2, -0.15) is 0 Å². The summed E-state index contributed by atoms with van der Waals surface area (Å²) in [6.45, 7) is 8.47. The molecule has 1 rings (SSSR count). The van der Waals surface area contributed by atoms with Crippen LogP contribution in [0.4, 0.5) is 4.79 Å². The number of carbonyl (C=O) groups excluding carboxylic acids is 1. The minimum atomic E-state index is -1.65. The summed E-state index contributed by atoms with van der Waals surface area (Å²) in [7, 11) is 16.4. The van der Waals surface area contributed by atoms with Gasteiger partial charge < -0.3 is 14.4 Å². The van der Waals surface area contributed by atoms with Crippen molar-refractivity contribution in [1.82, 2.24) is 4.90 Å². The van der Waals surface area contributed by atoms with Crippen LogP contribution in [-0.2, 0) is 9.47 Å². The summed E-state index contributed by atoms with van der Waals surface area (Å²) in [6.07, 6.45) is 0.910. The fraction of sp³-hybridized carbons (Fsp3) is 0.917. The van der Waals surface area contributed by atoms with E-state index in [-0.39, 0.29) is 6.09 Å². The highest BCUT2D eigenvalue weighted by atomic mass is 16.6. The third-order valence-electron chi connectivity index (χ3n) is 2.90. The molecule has 6 radical (unpaired) electrons. The Kier molecular flexibility index (Phi) is 4.71. The molecule has 0 aromatic carbocycles. The van der Waals surface area contributed by atoms with Crippen molar-refractivity contribution in [2.45, 2.75) is 57.0 Å². The molecule has 7 heteroatoms. The maximum atomic E-state index is 11.9. The lowest BCUT2D eigenvalue weighted by atomic mass is 9.52. The molecule has 0 aliphatic carbocycles. The molecular weight excluding hydrogens is 239 g/mol. The molecule has 1 aliphatic heterocycles. The Balaban J connectivity index is 2.51. The minimum absolute atomic E-state index is 0.311. The molecular formula is C12H20B3NO3. The van der Waals surface area contributed by atoms with Crippen molar-refractivity contribution < 1.29 is 14.3 Å². The Bertz CT molecular complexity index is 328. The van der Waals surface area contributed by atoms with Crippen LogP contribution in [0.5, 0.6) is 0 Å². The smallest absolute Gasteiger partial charge is 0.410 e. The molecule has 0 aromatic rings. The van der Waals surface area contributed by atoms with E-state index in [0.717, 1.165) is 0 Å². The van der Waals surface area contributed by atoms with E-state index in [1.165, 1.54) is 0 Å². The van der Waals surface area contributed by atoms with Crippen molar-refractivity contribution in [3.05, 3.63) is 0 Å². The van der Waals surface area contributed by atoms with Crippen molar-refractivity contribution in [2.75, 3.05) is 13.1 Å². The molecule has 0 N–H and O–H groups in total. The lowest BCUT2D eigenvalue weighted by Gasteiger charge is -2.43. The maximum Gasteiger partial charge on any atom is 0.410 e. The second-order valence-electron chi connectivity index (χ2n) is 6.37. The molecule has 4 nitrogen and oxygen atoms in total. The number of carbonyl (C=O) groups is 1. The number of hydrogen-bond acceptors (Lipinski definition) is 3. The molecule has 1 heterocycles. The van der Waals surface area contributed by atoms with E-state index in [9.17, 15) is 4.79 Å². The molecule has 0 unspecified atom stereocenters. The number of hydrogen-bond donors (Lipinski definition) is 0. The molecule has 1 fully saturated rings. The van der Waals surface area contributed by atoms with Gasteiger partial charge >= 0.3 is 6.09 Å². The van der Waals surface area contributed by atoms with Gasteiger partial charge in [0.1, 0.15) is 5.60 Å². The van der Waals surface area contributed by atoms with Gasteiger partial charge in [0.2, 0.25) is 0 Å². The van der Waals surface area contributed by atoms with Crippen LogP contribution in [0.3, 0.4) is 0 Å². The molecule has 0 saturated carbocycles. The Morgan fingerprint density at radius 3 is 2.00 bits per heavy atom. The number of piperidine rings is 1. The summed E-state index contributed by atoms with van der Waals surface area (Å²) >= 11 is 0. The maximum absolute atomic E-state index is 11.9. The summed E-state index contributed by atoms with van der Waals surface area (Å²) < 4.78 is 10.8. The first-order valence-corrected chi connectivity index (χ1v) is 6.45.